The molecule has 0 radical (unpaired) electrons. The molecular weight excluding hydrogens is 282 g/mol. The SMILES string of the molecule is CCNC(C1CCCOC1)C1CCOC2(CCSCC2)C1. The molecule has 0 aromatic rings. The van der Waals surface area contributed by atoms with Gasteiger partial charge < -0.3 is 14.8 Å². The van der Waals surface area contributed by atoms with E-state index in [0.29, 0.717) is 12.0 Å². The lowest BCUT2D eigenvalue weighted by Gasteiger charge is -2.47. The van der Waals surface area contributed by atoms with Gasteiger partial charge in [0.2, 0.25) is 0 Å². The van der Waals surface area contributed by atoms with Crippen molar-refractivity contribution in [2.75, 3.05) is 37.9 Å². The zero-order valence-corrected chi connectivity index (χ0v) is 14.3. The molecule has 3 aliphatic rings. The Hall–Kier alpha value is 0.230. The van der Waals surface area contributed by atoms with Crippen LogP contribution in [0.5, 0.6) is 0 Å². The van der Waals surface area contributed by atoms with Gasteiger partial charge in [-0.3, -0.25) is 0 Å². The number of nitrogens with one attached hydrogen (secondary N) is 1. The molecule has 0 aromatic carbocycles. The van der Waals surface area contributed by atoms with E-state index in [1.165, 1.54) is 50.0 Å². The number of thioether (sulfide) groups is 1. The highest BCUT2D eigenvalue weighted by Gasteiger charge is 2.42. The summed E-state index contributed by atoms with van der Waals surface area (Å²) in [6.07, 6.45) is 7.57. The number of ether oxygens (including phenoxy) is 2. The average Bonchev–Trinajstić information content (AvgIpc) is 2.54. The van der Waals surface area contributed by atoms with Crippen molar-refractivity contribution in [1.29, 1.82) is 0 Å². The quantitative estimate of drug-likeness (QED) is 0.864. The molecule has 0 amide bonds. The van der Waals surface area contributed by atoms with Gasteiger partial charge >= 0.3 is 0 Å². The lowest BCUT2D eigenvalue weighted by Crippen LogP contribution is -2.52. The molecule has 3 unspecified atom stereocenters. The molecule has 0 bridgehead atoms. The van der Waals surface area contributed by atoms with Crippen molar-refractivity contribution in [2.24, 2.45) is 11.8 Å². The maximum absolute atomic E-state index is 6.28. The smallest absolute Gasteiger partial charge is 0.0701 e. The Morgan fingerprint density at radius 3 is 2.76 bits per heavy atom. The molecule has 122 valence electrons. The van der Waals surface area contributed by atoms with Gasteiger partial charge in [0.15, 0.2) is 0 Å². The zero-order valence-electron chi connectivity index (χ0n) is 13.4. The van der Waals surface area contributed by atoms with E-state index in [1.807, 2.05) is 0 Å². The largest absolute Gasteiger partial charge is 0.381 e. The number of rotatable bonds is 4. The normalized spacial score (nSPS) is 34.7. The Morgan fingerprint density at radius 2 is 2.05 bits per heavy atom. The van der Waals surface area contributed by atoms with E-state index in [0.717, 1.165) is 32.3 Å². The van der Waals surface area contributed by atoms with Gasteiger partial charge in [0.25, 0.3) is 0 Å². The predicted octanol–water partition coefficient (Wildman–Crippen LogP) is 3.08. The van der Waals surface area contributed by atoms with E-state index in [2.05, 4.69) is 24.0 Å². The lowest BCUT2D eigenvalue weighted by molar-refractivity contribution is -0.113. The summed E-state index contributed by atoms with van der Waals surface area (Å²) in [4.78, 5) is 0. The minimum Gasteiger partial charge on any atom is -0.381 e. The average molecular weight is 314 g/mol. The molecule has 0 aromatic heterocycles. The van der Waals surface area contributed by atoms with Gasteiger partial charge in [-0.1, -0.05) is 6.92 Å². The second-order valence-corrected chi connectivity index (χ2v) is 8.18. The first-order valence-corrected chi connectivity index (χ1v) is 10.0. The standard InChI is InChI=1S/C17H31NO2S/c1-2-18-16(15-4-3-8-19-13-15)14-5-9-20-17(12-14)6-10-21-11-7-17/h14-16,18H,2-13H2,1H3. The van der Waals surface area contributed by atoms with Gasteiger partial charge in [0.05, 0.1) is 12.2 Å². The van der Waals surface area contributed by atoms with Gasteiger partial charge in [-0.2, -0.15) is 11.8 Å². The Labute approximate surface area is 133 Å². The number of hydrogen-bond donors (Lipinski definition) is 1. The molecule has 4 heteroatoms. The predicted molar refractivity (Wildman–Crippen MR) is 89.0 cm³/mol. The van der Waals surface area contributed by atoms with Crippen LogP contribution in [0, 0.1) is 11.8 Å². The summed E-state index contributed by atoms with van der Waals surface area (Å²) in [5, 5.41) is 3.80. The summed E-state index contributed by atoms with van der Waals surface area (Å²) < 4.78 is 12.0. The molecule has 1 spiro atoms. The Kier molecular flexibility index (Phi) is 5.88. The van der Waals surface area contributed by atoms with Crippen molar-refractivity contribution in [3.63, 3.8) is 0 Å². The molecule has 0 saturated carbocycles. The summed E-state index contributed by atoms with van der Waals surface area (Å²) >= 11 is 2.09. The van der Waals surface area contributed by atoms with Crippen molar-refractivity contribution in [2.45, 2.75) is 57.1 Å². The molecule has 3 saturated heterocycles. The first kappa shape index (κ1) is 16.1. The highest BCUT2D eigenvalue weighted by molar-refractivity contribution is 7.99. The van der Waals surface area contributed by atoms with E-state index in [9.17, 15) is 0 Å². The van der Waals surface area contributed by atoms with Crippen LogP contribution in [0.4, 0.5) is 0 Å². The summed E-state index contributed by atoms with van der Waals surface area (Å²) in [5.41, 5.74) is 0.206. The van der Waals surface area contributed by atoms with E-state index >= 15 is 0 Å². The Balaban J connectivity index is 1.66. The highest BCUT2D eigenvalue weighted by atomic mass is 32.2. The fraction of sp³-hybridized carbons (Fsp3) is 1.00. The molecule has 1 N–H and O–H groups in total. The van der Waals surface area contributed by atoms with Crippen LogP contribution >= 0.6 is 11.8 Å². The summed E-state index contributed by atoms with van der Waals surface area (Å²) in [7, 11) is 0. The van der Waals surface area contributed by atoms with E-state index < -0.39 is 0 Å². The number of hydrogen-bond acceptors (Lipinski definition) is 4. The van der Waals surface area contributed by atoms with Crippen LogP contribution in [0.1, 0.15) is 45.4 Å². The van der Waals surface area contributed by atoms with Crippen molar-refractivity contribution < 1.29 is 9.47 Å². The zero-order chi connectivity index (χ0) is 14.5. The van der Waals surface area contributed by atoms with Gasteiger partial charge in [0, 0.05) is 19.3 Å². The van der Waals surface area contributed by atoms with Crippen molar-refractivity contribution >= 4 is 11.8 Å². The molecule has 3 rings (SSSR count). The maximum Gasteiger partial charge on any atom is 0.0701 e. The lowest BCUT2D eigenvalue weighted by atomic mass is 9.74. The molecule has 3 aliphatic heterocycles. The van der Waals surface area contributed by atoms with E-state index in [-0.39, 0.29) is 5.60 Å². The van der Waals surface area contributed by atoms with Crippen molar-refractivity contribution in [3.8, 4) is 0 Å². The summed E-state index contributed by atoms with van der Waals surface area (Å²) in [5.74, 6) is 4.04. The second kappa shape index (κ2) is 7.67. The van der Waals surface area contributed by atoms with Crippen molar-refractivity contribution in [1.82, 2.24) is 5.32 Å². The summed E-state index contributed by atoms with van der Waals surface area (Å²) in [6, 6.07) is 0.630. The monoisotopic (exact) mass is 313 g/mol. The first-order valence-electron chi connectivity index (χ1n) is 8.86. The molecule has 3 nitrogen and oxygen atoms in total. The minimum absolute atomic E-state index is 0.206. The van der Waals surface area contributed by atoms with Gasteiger partial charge in [-0.05, 0) is 68.4 Å². The summed E-state index contributed by atoms with van der Waals surface area (Å²) in [6.45, 7) is 6.19. The molecule has 3 fully saturated rings. The molecule has 21 heavy (non-hydrogen) atoms. The first-order chi connectivity index (χ1) is 10.3. The van der Waals surface area contributed by atoms with Crippen LogP contribution in [0.25, 0.3) is 0 Å². The van der Waals surface area contributed by atoms with Crippen molar-refractivity contribution in [3.05, 3.63) is 0 Å². The third-order valence-corrected chi connectivity index (χ3v) is 6.57. The van der Waals surface area contributed by atoms with Gasteiger partial charge in [0.1, 0.15) is 0 Å². The van der Waals surface area contributed by atoms with Crippen LogP contribution in [0.2, 0.25) is 0 Å². The minimum atomic E-state index is 0.206. The molecular formula is C17H31NO2S. The molecule has 3 heterocycles. The maximum atomic E-state index is 6.28. The van der Waals surface area contributed by atoms with Crippen LogP contribution in [-0.2, 0) is 9.47 Å². The Morgan fingerprint density at radius 1 is 1.19 bits per heavy atom. The van der Waals surface area contributed by atoms with Gasteiger partial charge in [-0.25, -0.2) is 0 Å². The second-order valence-electron chi connectivity index (χ2n) is 6.96. The van der Waals surface area contributed by atoms with Gasteiger partial charge in [-0.15, -0.1) is 0 Å². The van der Waals surface area contributed by atoms with Crippen LogP contribution < -0.4 is 5.32 Å². The topological polar surface area (TPSA) is 30.5 Å². The molecule has 0 aliphatic carbocycles. The van der Waals surface area contributed by atoms with Crippen LogP contribution in [0.3, 0.4) is 0 Å². The fourth-order valence-corrected chi connectivity index (χ4v) is 5.70. The third kappa shape index (κ3) is 3.95. The third-order valence-electron chi connectivity index (χ3n) is 5.59. The van der Waals surface area contributed by atoms with Crippen LogP contribution in [0.15, 0.2) is 0 Å². The van der Waals surface area contributed by atoms with Crippen LogP contribution in [-0.4, -0.2) is 49.5 Å². The van der Waals surface area contributed by atoms with E-state index in [4.69, 9.17) is 9.47 Å². The highest BCUT2D eigenvalue weighted by Crippen LogP contribution is 2.42. The fourth-order valence-electron chi connectivity index (χ4n) is 4.47. The van der Waals surface area contributed by atoms with E-state index in [1.54, 1.807) is 0 Å². The Bertz CT molecular complexity index is 308. The molecule has 3 atom stereocenters.